The molecule has 3 aliphatic rings. The Hall–Kier alpha value is -3.13. The molecule has 2 aliphatic heterocycles. The Bertz CT molecular complexity index is 1110. The Morgan fingerprint density at radius 1 is 1.09 bits per heavy atom. The maximum absolute atomic E-state index is 13.0. The molecule has 8 nitrogen and oxygen atoms in total. The number of rotatable bonds is 4. The second-order valence-electron chi connectivity index (χ2n) is 8.81. The van der Waals surface area contributed by atoms with Crippen LogP contribution in [-0.4, -0.2) is 60.4 Å². The number of benzene rings is 1. The zero-order valence-corrected chi connectivity index (χ0v) is 18.7. The van der Waals surface area contributed by atoms with Gasteiger partial charge in [0, 0.05) is 57.3 Å². The fourth-order valence-corrected chi connectivity index (χ4v) is 5.14. The smallest absolute Gasteiger partial charge is 0.343 e. The third-order valence-corrected chi connectivity index (χ3v) is 6.81. The molecule has 174 valence electrons. The number of amides is 1. The van der Waals surface area contributed by atoms with Crippen molar-refractivity contribution >= 4 is 11.9 Å². The summed E-state index contributed by atoms with van der Waals surface area (Å²) in [6.07, 6.45) is 2.83. The van der Waals surface area contributed by atoms with Gasteiger partial charge in [-0.3, -0.25) is 9.59 Å². The lowest BCUT2D eigenvalue weighted by Gasteiger charge is -2.23. The molecule has 1 aromatic heterocycles. The van der Waals surface area contributed by atoms with Gasteiger partial charge in [-0.25, -0.2) is 4.79 Å². The second kappa shape index (κ2) is 9.02. The topological polar surface area (TPSA) is 87.1 Å². The Balaban J connectivity index is 1.43. The van der Waals surface area contributed by atoms with Gasteiger partial charge in [0.05, 0.1) is 7.11 Å². The quantitative estimate of drug-likeness (QED) is 0.657. The Labute approximate surface area is 192 Å². The van der Waals surface area contributed by atoms with E-state index in [1.807, 2.05) is 12.1 Å². The average molecular weight is 453 g/mol. The molecule has 1 amide bonds. The first kappa shape index (κ1) is 21.7. The monoisotopic (exact) mass is 452 g/mol. The van der Waals surface area contributed by atoms with Crippen molar-refractivity contribution in [3.63, 3.8) is 0 Å². The van der Waals surface area contributed by atoms with E-state index in [1.165, 1.54) is 24.3 Å². The van der Waals surface area contributed by atoms with Crippen LogP contribution in [0.3, 0.4) is 0 Å². The van der Waals surface area contributed by atoms with E-state index in [-0.39, 0.29) is 28.9 Å². The van der Waals surface area contributed by atoms with Crippen molar-refractivity contribution in [1.82, 2.24) is 9.47 Å². The largest absolute Gasteiger partial charge is 0.489 e. The van der Waals surface area contributed by atoms with E-state index in [2.05, 4.69) is 12.1 Å². The van der Waals surface area contributed by atoms with E-state index in [1.54, 1.807) is 9.47 Å². The molecule has 1 aromatic carbocycles. The lowest BCUT2D eigenvalue weighted by molar-refractivity contribution is -0.140. The van der Waals surface area contributed by atoms with E-state index in [0.717, 1.165) is 25.7 Å². The van der Waals surface area contributed by atoms with Crippen molar-refractivity contribution in [3.05, 3.63) is 63.1 Å². The van der Waals surface area contributed by atoms with Crippen molar-refractivity contribution < 1.29 is 23.8 Å². The molecule has 0 bridgehead atoms. The number of hydrogen-bond acceptors (Lipinski definition) is 6. The standard InChI is InChI=1S/C25H28N2O6/c1-31-25(30)23-19-8-9-26(24(29)20-7-4-12-32-20)10-11-27(19)22(28)15-21(23)33-18-13-16-5-2-3-6-17(16)14-18/h2-3,5-6,15,18,20H,4,7-14H2,1H3. The first-order chi connectivity index (χ1) is 16.0. The molecule has 3 heterocycles. The Kier molecular flexibility index (Phi) is 5.93. The molecular weight excluding hydrogens is 424 g/mol. The number of pyridine rings is 1. The molecule has 1 unspecified atom stereocenters. The highest BCUT2D eigenvalue weighted by Gasteiger charge is 2.32. The van der Waals surface area contributed by atoms with Gasteiger partial charge < -0.3 is 23.7 Å². The van der Waals surface area contributed by atoms with E-state index in [0.29, 0.717) is 38.4 Å². The molecule has 1 fully saturated rings. The van der Waals surface area contributed by atoms with Crippen LogP contribution in [0.2, 0.25) is 0 Å². The number of esters is 1. The number of hydrogen-bond donors (Lipinski definition) is 0. The third-order valence-electron chi connectivity index (χ3n) is 6.81. The molecule has 1 atom stereocenters. The molecule has 2 aromatic rings. The van der Waals surface area contributed by atoms with Crippen LogP contribution in [0.1, 0.15) is 40.0 Å². The molecule has 1 saturated heterocycles. The lowest BCUT2D eigenvalue weighted by atomic mass is 10.1. The van der Waals surface area contributed by atoms with Crippen molar-refractivity contribution in [3.8, 4) is 5.75 Å². The molecule has 8 heteroatoms. The van der Waals surface area contributed by atoms with Gasteiger partial charge in [-0.05, 0) is 24.0 Å². The predicted octanol–water partition coefficient (Wildman–Crippen LogP) is 1.74. The summed E-state index contributed by atoms with van der Waals surface area (Å²) in [4.78, 5) is 40.5. The van der Waals surface area contributed by atoms with E-state index in [9.17, 15) is 14.4 Å². The van der Waals surface area contributed by atoms with Crippen LogP contribution in [0, 0.1) is 0 Å². The zero-order valence-electron chi connectivity index (χ0n) is 18.7. The summed E-state index contributed by atoms with van der Waals surface area (Å²) in [5.74, 6) is -0.328. The van der Waals surface area contributed by atoms with Crippen LogP contribution in [0.15, 0.2) is 35.1 Å². The third kappa shape index (κ3) is 4.15. The summed E-state index contributed by atoms with van der Waals surface area (Å²) in [7, 11) is 1.32. The van der Waals surface area contributed by atoms with Crippen molar-refractivity contribution in [1.29, 1.82) is 0 Å². The molecular formula is C25H28N2O6. The number of ether oxygens (including phenoxy) is 3. The number of carbonyl (C=O) groups is 2. The van der Waals surface area contributed by atoms with Crippen molar-refractivity contribution in [2.75, 3.05) is 26.8 Å². The summed E-state index contributed by atoms with van der Waals surface area (Å²) < 4.78 is 18.4. The van der Waals surface area contributed by atoms with Gasteiger partial charge in [0.1, 0.15) is 23.5 Å². The summed E-state index contributed by atoms with van der Waals surface area (Å²) in [5.41, 5.74) is 3.03. The summed E-state index contributed by atoms with van der Waals surface area (Å²) >= 11 is 0. The van der Waals surface area contributed by atoms with E-state index < -0.39 is 12.1 Å². The van der Waals surface area contributed by atoms with E-state index >= 15 is 0 Å². The minimum atomic E-state index is -0.539. The lowest BCUT2D eigenvalue weighted by Crippen LogP contribution is -2.40. The average Bonchev–Trinajstić information content (AvgIpc) is 3.44. The fraction of sp³-hybridized carbons (Fsp3) is 0.480. The van der Waals surface area contributed by atoms with E-state index in [4.69, 9.17) is 14.2 Å². The van der Waals surface area contributed by atoms with Gasteiger partial charge in [0.15, 0.2) is 0 Å². The van der Waals surface area contributed by atoms with Gasteiger partial charge in [0.2, 0.25) is 0 Å². The number of fused-ring (bicyclic) bond motifs is 2. The maximum atomic E-state index is 13.0. The summed E-state index contributed by atoms with van der Waals surface area (Å²) in [6, 6.07) is 9.53. The number of aromatic nitrogens is 1. The van der Waals surface area contributed by atoms with Crippen molar-refractivity contribution in [2.45, 2.75) is 50.9 Å². The Morgan fingerprint density at radius 2 is 1.85 bits per heavy atom. The molecule has 1 aliphatic carbocycles. The normalized spacial score (nSPS) is 20.2. The highest BCUT2D eigenvalue weighted by Crippen LogP contribution is 2.30. The van der Waals surface area contributed by atoms with Crippen LogP contribution >= 0.6 is 0 Å². The highest BCUT2D eigenvalue weighted by molar-refractivity contribution is 5.93. The molecule has 5 rings (SSSR count). The minimum absolute atomic E-state index is 0.0480. The first-order valence-electron chi connectivity index (χ1n) is 11.5. The number of carbonyl (C=O) groups excluding carboxylic acids is 2. The maximum Gasteiger partial charge on any atom is 0.343 e. The fourth-order valence-electron chi connectivity index (χ4n) is 5.14. The van der Waals surface area contributed by atoms with Crippen LogP contribution in [0.25, 0.3) is 0 Å². The zero-order chi connectivity index (χ0) is 22.9. The molecule has 0 spiro atoms. The van der Waals surface area contributed by atoms with Crippen LogP contribution in [0.4, 0.5) is 0 Å². The van der Waals surface area contributed by atoms with Crippen LogP contribution in [-0.2, 0) is 40.1 Å². The SMILES string of the molecule is COC(=O)c1c(OC2Cc3ccccc3C2)cc(=O)n2c1CCN(C(=O)C1CCCO1)CC2. The Morgan fingerprint density at radius 3 is 2.52 bits per heavy atom. The second-order valence-corrected chi connectivity index (χ2v) is 8.81. The summed E-state index contributed by atoms with van der Waals surface area (Å²) in [6.45, 7) is 1.71. The molecule has 0 radical (unpaired) electrons. The van der Waals surface area contributed by atoms with Crippen LogP contribution < -0.4 is 10.3 Å². The van der Waals surface area contributed by atoms with Gasteiger partial charge >= 0.3 is 5.97 Å². The molecule has 0 saturated carbocycles. The highest BCUT2D eigenvalue weighted by atomic mass is 16.5. The predicted molar refractivity (Wildman–Crippen MR) is 120 cm³/mol. The number of nitrogens with zero attached hydrogens (tertiary/aromatic N) is 2. The molecule has 33 heavy (non-hydrogen) atoms. The van der Waals surface area contributed by atoms with Gasteiger partial charge in [0.25, 0.3) is 11.5 Å². The number of methoxy groups -OCH3 is 1. The van der Waals surface area contributed by atoms with Crippen molar-refractivity contribution in [2.24, 2.45) is 0 Å². The molecule has 0 N–H and O–H groups in total. The van der Waals surface area contributed by atoms with Gasteiger partial charge in [-0.2, -0.15) is 0 Å². The minimum Gasteiger partial charge on any atom is -0.489 e. The van der Waals surface area contributed by atoms with Gasteiger partial charge in [-0.1, -0.05) is 24.3 Å². The van der Waals surface area contributed by atoms with Crippen LogP contribution in [0.5, 0.6) is 5.75 Å². The summed E-state index contributed by atoms with van der Waals surface area (Å²) in [5, 5.41) is 0. The first-order valence-corrected chi connectivity index (χ1v) is 11.5. The van der Waals surface area contributed by atoms with Gasteiger partial charge in [-0.15, -0.1) is 0 Å².